The van der Waals surface area contributed by atoms with Gasteiger partial charge in [0.25, 0.3) is 0 Å². The van der Waals surface area contributed by atoms with E-state index in [1.54, 1.807) is 13.0 Å². The van der Waals surface area contributed by atoms with Crippen LogP contribution >= 0.6 is 11.6 Å². The van der Waals surface area contributed by atoms with Crippen molar-refractivity contribution in [2.45, 2.75) is 64.9 Å². The fraction of sp³-hybridized carbons (Fsp3) is 0.647. The Bertz CT molecular complexity index is 377. The Morgan fingerprint density at radius 2 is 1.75 bits per heavy atom. The van der Waals surface area contributed by atoms with Crippen LogP contribution in [-0.4, -0.2) is 11.7 Å². The first-order valence-electron chi connectivity index (χ1n) is 7.75. The fourth-order valence-corrected chi connectivity index (χ4v) is 2.38. The standard InChI is InChI=1S/C17H27ClO2/c1-3-4-5-6-7-8-9-12-20-17-11-10-15(14(2)19)13-16(17)18/h10-11,13-14,19H,3-9,12H2,1-2H3/t14-/m0/s1. The number of benzene rings is 1. The summed E-state index contributed by atoms with van der Waals surface area (Å²) < 4.78 is 5.69. The van der Waals surface area contributed by atoms with Crippen LogP contribution in [0.2, 0.25) is 5.02 Å². The molecule has 0 heterocycles. The maximum atomic E-state index is 9.47. The van der Waals surface area contributed by atoms with Crippen molar-refractivity contribution in [1.82, 2.24) is 0 Å². The zero-order valence-electron chi connectivity index (χ0n) is 12.7. The van der Waals surface area contributed by atoms with Crippen LogP contribution in [0.5, 0.6) is 5.75 Å². The van der Waals surface area contributed by atoms with Crippen LogP contribution in [0.15, 0.2) is 18.2 Å². The molecule has 2 nitrogen and oxygen atoms in total. The summed E-state index contributed by atoms with van der Waals surface area (Å²) in [5, 5.41) is 10.0. The highest BCUT2D eigenvalue weighted by Crippen LogP contribution is 2.28. The quantitative estimate of drug-likeness (QED) is 0.576. The molecule has 114 valence electrons. The van der Waals surface area contributed by atoms with Crippen LogP contribution in [0.3, 0.4) is 0 Å². The minimum Gasteiger partial charge on any atom is -0.492 e. The lowest BCUT2D eigenvalue weighted by Crippen LogP contribution is -1.99. The number of halogens is 1. The Labute approximate surface area is 128 Å². The summed E-state index contributed by atoms with van der Waals surface area (Å²) in [6.07, 6.45) is 8.41. The molecule has 1 aromatic rings. The molecule has 0 bridgehead atoms. The van der Waals surface area contributed by atoms with Crippen molar-refractivity contribution >= 4 is 11.6 Å². The molecular weight excluding hydrogens is 272 g/mol. The zero-order valence-corrected chi connectivity index (χ0v) is 13.5. The van der Waals surface area contributed by atoms with E-state index in [4.69, 9.17) is 16.3 Å². The van der Waals surface area contributed by atoms with E-state index in [1.165, 1.54) is 38.5 Å². The van der Waals surface area contributed by atoms with E-state index in [2.05, 4.69) is 6.92 Å². The van der Waals surface area contributed by atoms with E-state index >= 15 is 0 Å². The van der Waals surface area contributed by atoms with E-state index in [0.29, 0.717) is 17.4 Å². The average molecular weight is 299 g/mol. The summed E-state index contributed by atoms with van der Waals surface area (Å²) in [6.45, 7) is 4.67. The van der Waals surface area contributed by atoms with Gasteiger partial charge in [-0.05, 0) is 31.0 Å². The number of ether oxygens (including phenoxy) is 1. The van der Waals surface area contributed by atoms with Crippen molar-refractivity contribution in [3.63, 3.8) is 0 Å². The van der Waals surface area contributed by atoms with Gasteiger partial charge in [-0.1, -0.05) is 63.1 Å². The van der Waals surface area contributed by atoms with Gasteiger partial charge in [-0.2, -0.15) is 0 Å². The van der Waals surface area contributed by atoms with Gasteiger partial charge in [-0.3, -0.25) is 0 Å². The molecule has 1 aromatic carbocycles. The monoisotopic (exact) mass is 298 g/mol. The van der Waals surface area contributed by atoms with E-state index < -0.39 is 6.10 Å². The lowest BCUT2D eigenvalue weighted by Gasteiger charge is -2.10. The summed E-state index contributed by atoms with van der Waals surface area (Å²) in [5.74, 6) is 0.710. The van der Waals surface area contributed by atoms with Crippen LogP contribution in [0.4, 0.5) is 0 Å². The van der Waals surface area contributed by atoms with Crippen molar-refractivity contribution in [1.29, 1.82) is 0 Å². The third-order valence-electron chi connectivity index (χ3n) is 3.44. The molecule has 0 aliphatic rings. The maximum Gasteiger partial charge on any atom is 0.137 e. The Balaban J connectivity index is 2.19. The number of hydrogen-bond donors (Lipinski definition) is 1. The summed E-state index contributed by atoms with van der Waals surface area (Å²) in [6, 6.07) is 5.47. The van der Waals surface area contributed by atoms with Gasteiger partial charge in [0.05, 0.1) is 17.7 Å². The molecule has 20 heavy (non-hydrogen) atoms. The molecule has 1 rings (SSSR count). The topological polar surface area (TPSA) is 29.5 Å². The van der Waals surface area contributed by atoms with E-state index in [1.807, 2.05) is 12.1 Å². The van der Waals surface area contributed by atoms with Crippen molar-refractivity contribution in [3.05, 3.63) is 28.8 Å². The second kappa shape index (κ2) is 10.1. The third-order valence-corrected chi connectivity index (χ3v) is 3.74. The molecular formula is C17H27ClO2. The maximum absolute atomic E-state index is 9.47. The number of rotatable bonds is 10. The number of aliphatic hydroxyl groups is 1. The van der Waals surface area contributed by atoms with Crippen LogP contribution in [0.1, 0.15) is 70.5 Å². The van der Waals surface area contributed by atoms with Gasteiger partial charge in [0, 0.05) is 0 Å². The van der Waals surface area contributed by atoms with E-state index in [0.717, 1.165) is 12.0 Å². The summed E-state index contributed by atoms with van der Waals surface area (Å²) in [4.78, 5) is 0. The molecule has 0 unspecified atom stereocenters. The Morgan fingerprint density at radius 1 is 1.10 bits per heavy atom. The van der Waals surface area contributed by atoms with Crippen LogP contribution in [0, 0.1) is 0 Å². The summed E-state index contributed by atoms with van der Waals surface area (Å²) >= 11 is 6.13. The van der Waals surface area contributed by atoms with Crippen molar-refractivity contribution < 1.29 is 9.84 Å². The Kier molecular flexibility index (Phi) is 8.72. The molecule has 1 N–H and O–H groups in total. The van der Waals surface area contributed by atoms with Gasteiger partial charge < -0.3 is 9.84 Å². The van der Waals surface area contributed by atoms with Gasteiger partial charge in [0.15, 0.2) is 0 Å². The van der Waals surface area contributed by atoms with Gasteiger partial charge in [-0.15, -0.1) is 0 Å². The summed E-state index contributed by atoms with van der Waals surface area (Å²) in [7, 11) is 0. The SMILES string of the molecule is CCCCCCCCCOc1ccc([C@H](C)O)cc1Cl. The van der Waals surface area contributed by atoms with Crippen LogP contribution in [-0.2, 0) is 0 Å². The molecule has 0 saturated carbocycles. The van der Waals surface area contributed by atoms with Gasteiger partial charge in [0.1, 0.15) is 5.75 Å². The minimum absolute atomic E-state index is 0.496. The molecule has 0 aliphatic carbocycles. The lowest BCUT2D eigenvalue weighted by atomic mass is 10.1. The van der Waals surface area contributed by atoms with Gasteiger partial charge in [-0.25, -0.2) is 0 Å². The molecule has 0 aromatic heterocycles. The molecule has 0 saturated heterocycles. The van der Waals surface area contributed by atoms with Crippen molar-refractivity contribution in [2.24, 2.45) is 0 Å². The Morgan fingerprint density at radius 3 is 2.35 bits per heavy atom. The lowest BCUT2D eigenvalue weighted by molar-refractivity contribution is 0.199. The largest absolute Gasteiger partial charge is 0.492 e. The molecule has 0 aliphatic heterocycles. The second-order valence-corrected chi connectivity index (χ2v) is 5.74. The van der Waals surface area contributed by atoms with Crippen LogP contribution < -0.4 is 4.74 Å². The third kappa shape index (κ3) is 6.62. The van der Waals surface area contributed by atoms with E-state index in [9.17, 15) is 5.11 Å². The smallest absolute Gasteiger partial charge is 0.137 e. The zero-order chi connectivity index (χ0) is 14.8. The number of hydrogen-bond acceptors (Lipinski definition) is 2. The molecule has 0 amide bonds. The second-order valence-electron chi connectivity index (χ2n) is 5.34. The summed E-state index contributed by atoms with van der Waals surface area (Å²) in [5.41, 5.74) is 0.818. The molecule has 0 fully saturated rings. The molecule has 0 spiro atoms. The highest BCUT2D eigenvalue weighted by molar-refractivity contribution is 6.32. The fourth-order valence-electron chi connectivity index (χ4n) is 2.14. The van der Waals surface area contributed by atoms with Crippen molar-refractivity contribution in [3.8, 4) is 5.75 Å². The normalized spacial score (nSPS) is 12.4. The highest BCUT2D eigenvalue weighted by atomic mass is 35.5. The number of unbranched alkanes of at least 4 members (excludes halogenated alkanes) is 6. The molecule has 3 heteroatoms. The first-order valence-corrected chi connectivity index (χ1v) is 8.13. The molecule has 0 radical (unpaired) electrons. The van der Waals surface area contributed by atoms with Gasteiger partial charge >= 0.3 is 0 Å². The van der Waals surface area contributed by atoms with E-state index in [-0.39, 0.29) is 0 Å². The van der Waals surface area contributed by atoms with Crippen molar-refractivity contribution in [2.75, 3.05) is 6.61 Å². The van der Waals surface area contributed by atoms with Crippen LogP contribution in [0.25, 0.3) is 0 Å². The van der Waals surface area contributed by atoms with Gasteiger partial charge in [0.2, 0.25) is 0 Å². The average Bonchev–Trinajstić information content (AvgIpc) is 2.43. The molecule has 1 atom stereocenters. The first-order chi connectivity index (χ1) is 9.65. The predicted molar refractivity (Wildman–Crippen MR) is 85.6 cm³/mol. The highest BCUT2D eigenvalue weighted by Gasteiger charge is 2.06. The number of aliphatic hydroxyl groups excluding tert-OH is 1. The predicted octanol–water partition coefficient (Wildman–Crippen LogP) is 5.52. The minimum atomic E-state index is -0.496. The first kappa shape index (κ1) is 17.3. The Hall–Kier alpha value is -0.730.